The third-order valence-electron chi connectivity index (χ3n) is 4.22. The normalized spacial score (nSPS) is 12.1. The van der Waals surface area contributed by atoms with Crippen LogP contribution in [0.2, 0.25) is 0 Å². The fourth-order valence-electron chi connectivity index (χ4n) is 2.60. The maximum atomic E-state index is 12.5. The summed E-state index contributed by atoms with van der Waals surface area (Å²) in [5, 5.41) is 14.2. The summed E-state index contributed by atoms with van der Waals surface area (Å²) >= 11 is 0. The number of carbonyl (C=O) groups is 4. The van der Waals surface area contributed by atoms with Crippen molar-refractivity contribution < 1.29 is 29.0 Å². The number of aliphatic hydroxyl groups is 1. The first kappa shape index (κ1) is 26.4. The SMILES string of the molecule is CN(CC(=O)N[C@H](C=O)CCCN=C(N)N)C(=O)[C@@H](CO)NC(=O)OCc1ccccc1. The van der Waals surface area contributed by atoms with Crippen LogP contribution in [0, 0.1) is 0 Å². The lowest BCUT2D eigenvalue weighted by molar-refractivity contribution is -0.137. The van der Waals surface area contributed by atoms with Gasteiger partial charge in [0.25, 0.3) is 0 Å². The zero-order valence-corrected chi connectivity index (χ0v) is 17.9. The highest BCUT2D eigenvalue weighted by molar-refractivity contribution is 5.90. The Morgan fingerprint density at radius 1 is 1.22 bits per heavy atom. The minimum absolute atomic E-state index is 0.00642. The van der Waals surface area contributed by atoms with E-state index in [9.17, 15) is 24.3 Å². The predicted molar refractivity (Wildman–Crippen MR) is 116 cm³/mol. The minimum atomic E-state index is -1.29. The lowest BCUT2D eigenvalue weighted by Crippen LogP contribution is -2.52. The number of nitrogens with one attached hydrogen (secondary N) is 2. The molecule has 0 aromatic heterocycles. The highest BCUT2D eigenvalue weighted by Gasteiger charge is 2.25. The lowest BCUT2D eigenvalue weighted by Gasteiger charge is -2.23. The van der Waals surface area contributed by atoms with Crippen LogP contribution in [0.4, 0.5) is 4.79 Å². The number of carbonyl (C=O) groups excluding carboxylic acids is 4. The van der Waals surface area contributed by atoms with Gasteiger partial charge in [-0.1, -0.05) is 30.3 Å². The molecule has 1 aromatic rings. The van der Waals surface area contributed by atoms with Crippen LogP contribution in [0.3, 0.4) is 0 Å². The van der Waals surface area contributed by atoms with Crippen LogP contribution in [-0.2, 0) is 25.7 Å². The number of aldehydes is 1. The molecule has 0 bridgehead atoms. The van der Waals surface area contributed by atoms with Crippen molar-refractivity contribution in [2.24, 2.45) is 16.5 Å². The third kappa shape index (κ3) is 10.4. The van der Waals surface area contributed by atoms with Gasteiger partial charge < -0.3 is 41.6 Å². The van der Waals surface area contributed by atoms with Crippen molar-refractivity contribution in [2.75, 3.05) is 26.7 Å². The molecular formula is C20H30N6O6. The summed E-state index contributed by atoms with van der Waals surface area (Å²) in [6.45, 7) is -0.764. The smallest absolute Gasteiger partial charge is 0.408 e. The van der Waals surface area contributed by atoms with E-state index in [0.717, 1.165) is 10.5 Å². The Labute approximate surface area is 186 Å². The van der Waals surface area contributed by atoms with Gasteiger partial charge in [0, 0.05) is 13.6 Å². The van der Waals surface area contributed by atoms with Crippen LogP contribution in [0.5, 0.6) is 0 Å². The molecule has 3 amide bonds. The summed E-state index contributed by atoms with van der Waals surface area (Å²) in [5.74, 6) is -1.34. The maximum absolute atomic E-state index is 12.5. The van der Waals surface area contributed by atoms with Crippen LogP contribution >= 0.6 is 0 Å². The Balaban J connectivity index is 2.47. The standard InChI is InChI=1S/C20H30N6O6/c1-26(10-17(29)24-15(11-27)8-5-9-23-19(21)22)18(30)16(12-28)25-20(31)32-13-14-6-3-2-4-7-14/h2-4,6-7,11,15-16,28H,5,8-10,12-13H2,1H3,(H,24,29)(H,25,31)(H4,21,22,23)/t15-,16+/m0/s1. The van der Waals surface area contributed by atoms with E-state index in [-0.39, 0.29) is 19.1 Å². The zero-order chi connectivity index (χ0) is 23.9. The van der Waals surface area contributed by atoms with Gasteiger partial charge in [0.2, 0.25) is 11.8 Å². The van der Waals surface area contributed by atoms with Gasteiger partial charge in [-0.25, -0.2) is 4.79 Å². The third-order valence-corrected chi connectivity index (χ3v) is 4.22. The van der Waals surface area contributed by atoms with E-state index in [1.165, 1.54) is 7.05 Å². The van der Waals surface area contributed by atoms with E-state index in [0.29, 0.717) is 25.7 Å². The van der Waals surface area contributed by atoms with Gasteiger partial charge in [-0.15, -0.1) is 0 Å². The Morgan fingerprint density at radius 3 is 2.50 bits per heavy atom. The van der Waals surface area contributed by atoms with Crippen LogP contribution < -0.4 is 22.1 Å². The molecule has 1 aromatic carbocycles. The molecule has 0 saturated heterocycles. The molecule has 7 N–H and O–H groups in total. The highest BCUT2D eigenvalue weighted by atomic mass is 16.5. The Kier molecular flexibility index (Phi) is 11.8. The fraction of sp³-hybridized carbons (Fsp3) is 0.450. The van der Waals surface area contributed by atoms with Crippen molar-refractivity contribution in [2.45, 2.75) is 31.5 Å². The molecule has 32 heavy (non-hydrogen) atoms. The average molecular weight is 450 g/mol. The number of ether oxygens (including phenoxy) is 1. The van der Waals surface area contributed by atoms with Crippen molar-refractivity contribution in [1.82, 2.24) is 15.5 Å². The second-order valence-corrected chi connectivity index (χ2v) is 6.89. The van der Waals surface area contributed by atoms with Gasteiger partial charge in [0.15, 0.2) is 5.96 Å². The maximum Gasteiger partial charge on any atom is 0.408 e. The average Bonchev–Trinajstić information content (AvgIpc) is 2.77. The van der Waals surface area contributed by atoms with E-state index >= 15 is 0 Å². The van der Waals surface area contributed by atoms with Crippen molar-refractivity contribution >= 4 is 30.2 Å². The number of benzene rings is 1. The summed E-state index contributed by atoms with van der Waals surface area (Å²) in [6, 6.07) is 6.87. The number of likely N-dealkylation sites (N-methyl/N-ethyl adjacent to an activating group) is 1. The number of hydrogen-bond acceptors (Lipinski definition) is 7. The Bertz CT molecular complexity index is 784. The summed E-state index contributed by atoms with van der Waals surface area (Å²) < 4.78 is 5.03. The summed E-state index contributed by atoms with van der Waals surface area (Å²) in [6.07, 6.45) is 0.479. The molecule has 0 unspecified atom stereocenters. The summed E-state index contributed by atoms with van der Waals surface area (Å²) in [7, 11) is 1.33. The molecule has 176 valence electrons. The Morgan fingerprint density at radius 2 is 1.91 bits per heavy atom. The van der Waals surface area contributed by atoms with Gasteiger partial charge in [0.1, 0.15) is 18.9 Å². The van der Waals surface area contributed by atoms with Gasteiger partial charge in [-0.2, -0.15) is 0 Å². The minimum Gasteiger partial charge on any atom is -0.445 e. The topological polar surface area (TPSA) is 189 Å². The van der Waals surface area contributed by atoms with E-state index in [1.54, 1.807) is 24.3 Å². The monoisotopic (exact) mass is 450 g/mol. The second-order valence-electron chi connectivity index (χ2n) is 6.89. The zero-order valence-electron chi connectivity index (χ0n) is 17.9. The molecule has 0 aliphatic rings. The first-order chi connectivity index (χ1) is 15.3. The molecule has 2 atom stereocenters. The van der Waals surface area contributed by atoms with Crippen molar-refractivity contribution in [1.29, 1.82) is 0 Å². The number of amides is 3. The van der Waals surface area contributed by atoms with Crippen LogP contribution in [0.1, 0.15) is 18.4 Å². The molecule has 0 radical (unpaired) electrons. The van der Waals surface area contributed by atoms with Gasteiger partial charge >= 0.3 is 6.09 Å². The lowest BCUT2D eigenvalue weighted by atomic mass is 10.1. The first-order valence-corrected chi connectivity index (χ1v) is 9.89. The predicted octanol–water partition coefficient (Wildman–Crippen LogP) is -1.53. The van der Waals surface area contributed by atoms with Crippen LogP contribution in [0.15, 0.2) is 35.3 Å². The van der Waals surface area contributed by atoms with Crippen LogP contribution in [-0.4, -0.2) is 79.0 Å². The van der Waals surface area contributed by atoms with Crippen molar-refractivity contribution in [3.63, 3.8) is 0 Å². The van der Waals surface area contributed by atoms with E-state index < -0.39 is 36.6 Å². The number of nitrogens with zero attached hydrogens (tertiary/aromatic N) is 2. The van der Waals surface area contributed by atoms with Crippen molar-refractivity contribution in [3.8, 4) is 0 Å². The molecule has 12 nitrogen and oxygen atoms in total. The van der Waals surface area contributed by atoms with E-state index in [2.05, 4.69) is 15.6 Å². The fourth-order valence-corrected chi connectivity index (χ4v) is 2.60. The number of rotatable bonds is 13. The van der Waals surface area contributed by atoms with Crippen molar-refractivity contribution in [3.05, 3.63) is 35.9 Å². The summed E-state index contributed by atoms with van der Waals surface area (Å²) in [4.78, 5) is 52.5. The molecule has 1 rings (SSSR count). The number of nitrogens with two attached hydrogens (primary N) is 2. The number of hydrogen-bond donors (Lipinski definition) is 5. The van der Waals surface area contributed by atoms with Gasteiger partial charge in [0.05, 0.1) is 19.2 Å². The molecule has 0 aliphatic carbocycles. The van der Waals surface area contributed by atoms with E-state index in [4.69, 9.17) is 16.2 Å². The first-order valence-electron chi connectivity index (χ1n) is 9.89. The molecule has 0 heterocycles. The van der Waals surface area contributed by atoms with Gasteiger partial charge in [-0.05, 0) is 18.4 Å². The van der Waals surface area contributed by atoms with Gasteiger partial charge in [-0.3, -0.25) is 14.6 Å². The molecule has 0 spiro atoms. The quantitative estimate of drug-likeness (QED) is 0.103. The highest BCUT2D eigenvalue weighted by Crippen LogP contribution is 2.02. The molecule has 0 saturated carbocycles. The summed E-state index contributed by atoms with van der Waals surface area (Å²) in [5.41, 5.74) is 11.2. The molecule has 0 fully saturated rings. The second kappa shape index (κ2) is 14.4. The largest absolute Gasteiger partial charge is 0.445 e. The number of alkyl carbamates (subject to hydrolysis) is 1. The van der Waals surface area contributed by atoms with E-state index in [1.807, 2.05) is 6.07 Å². The molecule has 0 aliphatic heterocycles. The number of guanidine groups is 1. The molecule has 12 heteroatoms. The van der Waals surface area contributed by atoms with Crippen LogP contribution in [0.25, 0.3) is 0 Å². The number of aliphatic imine (C=N–C) groups is 1. The number of aliphatic hydroxyl groups excluding tert-OH is 1. The molecular weight excluding hydrogens is 420 g/mol. The Hall–Kier alpha value is -3.67.